The third-order valence-electron chi connectivity index (χ3n) is 3.54. The van der Waals surface area contributed by atoms with Gasteiger partial charge in [-0.25, -0.2) is 4.79 Å². The third-order valence-corrected chi connectivity index (χ3v) is 3.54. The molecule has 0 aliphatic rings. The van der Waals surface area contributed by atoms with Gasteiger partial charge in [0.15, 0.2) is 0 Å². The van der Waals surface area contributed by atoms with Crippen LogP contribution in [0.5, 0.6) is 5.75 Å². The van der Waals surface area contributed by atoms with Crippen LogP contribution in [0, 0.1) is 5.92 Å². The monoisotopic (exact) mass is 312 g/mol. The summed E-state index contributed by atoms with van der Waals surface area (Å²) in [6.45, 7) is 4.30. The summed E-state index contributed by atoms with van der Waals surface area (Å²) in [6, 6.07) is 17.1. The van der Waals surface area contributed by atoms with E-state index < -0.39 is 0 Å². The summed E-state index contributed by atoms with van der Waals surface area (Å²) in [7, 11) is 1.60. The lowest BCUT2D eigenvalue weighted by Gasteiger charge is -2.21. The van der Waals surface area contributed by atoms with Crippen molar-refractivity contribution in [2.75, 3.05) is 12.4 Å². The molecule has 0 heterocycles. The average Bonchev–Trinajstić information content (AvgIpc) is 2.54. The smallest absolute Gasteiger partial charge is 0.319 e. The highest BCUT2D eigenvalue weighted by molar-refractivity contribution is 5.89. The number of hydrogen-bond donors (Lipinski definition) is 2. The number of hydrogen-bond acceptors (Lipinski definition) is 2. The van der Waals surface area contributed by atoms with E-state index in [0.717, 1.165) is 12.0 Å². The van der Waals surface area contributed by atoms with E-state index in [1.165, 1.54) is 0 Å². The van der Waals surface area contributed by atoms with Crippen molar-refractivity contribution in [1.29, 1.82) is 0 Å². The van der Waals surface area contributed by atoms with Gasteiger partial charge in [-0.1, -0.05) is 50.2 Å². The first kappa shape index (κ1) is 16.9. The molecule has 0 fully saturated rings. The minimum atomic E-state index is -0.215. The van der Waals surface area contributed by atoms with Crippen LogP contribution in [0.2, 0.25) is 0 Å². The molecule has 2 rings (SSSR count). The van der Waals surface area contributed by atoms with Crippen LogP contribution < -0.4 is 15.4 Å². The molecule has 0 saturated heterocycles. The SMILES string of the molecule is COc1cccc(NC(=O)NC(CC(C)C)c2ccccc2)c1. The van der Waals surface area contributed by atoms with Crippen LogP contribution in [-0.4, -0.2) is 13.1 Å². The summed E-state index contributed by atoms with van der Waals surface area (Å²) in [5.41, 5.74) is 1.82. The number of nitrogens with one attached hydrogen (secondary N) is 2. The average molecular weight is 312 g/mol. The van der Waals surface area contributed by atoms with Gasteiger partial charge in [0.25, 0.3) is 0 Å². The number of benzene rings is 2. The van der Waals surface area contributed by atoms with Crippen molar-refractivity contribution in [3.05, 3.63) is 60.2 Å². The quantitative estimate of drug-likeness (QED) is 0.818. The maximum absolute atomic E-state index is 12.3. The largest absolute Gasteiger partial charge is 0.497 e. The second-order valence-corrected chi connectivity index (χ2v) is 5.92. The Kier molecular flexibility index (Phi) is 6.03. The van der Waals surface area contributed by atoms with Gasteiger partial charge in [0.05, 0.1) is 13.2 Å². The van der Waals surface area contributed by atoms with Gasteiger partial charge in [-0.05, 0) is 30.0 Å². The van der Waals surface area contributed by atoms with E-state index in [-0.39, 0.29) is 12.1 Å². The van der Waals surface area contributed by atoms with E-state index in [2.05, 4.69) is 24.5 Å². The molecule has 23 heavy (non-hydrogen) atoms. The lowest BCUT2D eigenvalue weighted by Crippen LogP contribution is -2.33. The molecule has 1 atom stereocenters. The van der Waals surface area contributed by atoms with Crippen LogP contribution >= 0.6 is 0 Å². The summed E-state index contributed by atoms with van der Waals surface area (Å²) < 4.78 is 5.17. The highest BCUT2D eigenvalue weighted by atomic mass is 16.5. The predicted molar refractivity (Wildman–Crippen MR) is 93.8 cm³/mol. The summed E-state index contributed by atoms with van der Waals surface area (Å²) in [5.74, 6) is 1.20. The lowest BCUT2D eigenvalue weighted by atomic mass is 9.97. The molecule has 2 amide bonds. The van der Waals surface area contributed by atoms with Crippen LogP contribution in [0.3, 0.4) is 0 Å². The highest BCUT2D eigenvalue weighted by Gasteiger charge is 2.16. The Labute approximate surface area is 137 Å². The molecule has 0 spiro atoms. The summed E-state index contributed by atoms with van der Waals surface area (Å²) in [6.07, 6.45) is 0.884. The number of amides is 2. The molecule has 2 aromatic rings. The number of rotatable bonds is 6. The Morgan fingerprint density at radius 2 is 1.83 bits per heavy atom. The molecule has 0 aliphatic heterocycles. The zero-order chi connectivity index (χ0) is 16.7. The number of urea groups is 1. The Morgan fingerprint density at radius 3 is 2.48 bits per heavy atom. The molecule has 0 aromatic heterocycles. The Balaban J connectivity index is 2.05. The molecular formula is C19H24N2O2. The first-order valence-electron chi connectivity index (χ1n) is 7.85. The molecule has 0 radical (unpaired) electrons. The molecule has 2 aromatic carbocycles. The van der Waals surface area contributed by atoms with E-state index in [1.54, 1.807) is 13.2 Å². The van der Waals surface area contributed by atoms with E-state index in [1.807, 2.05) is 48.5 Å². The third kappa shape index (κ3) is 5.33. The highest BCUT2D eigenvalue weighted by Crippen LogP contribution is 2.22. The molecule has 4 nitrogen and oxygen atoms in total. The van der Waals surface area contributed by atoms with E-state index >= 15 is 0 Å². The zero-order valence-corrected chi connectivity index (χ0v) is 13.9. The van der Waals surface area contributed by atoms with Gasteiger partial charge in [0.1, 0.15) is 5.75 Å². The molecule has 4 heteroatoms. The second kappa shape index (κ2) is 8.22. The minimum absolute atomic E-state index is 0.0122. The fourth-order valence-corrected chi connectivity index (χ4v) is 2.46. The fourth-order valence-electron chi connectivity index (χ4n) is 2.46. The van der Waals surface area contributed by atoms with Crippen LogP contribution in [0.25, 0.3) is 0 Å². The van der Waals surface area contributed by atoms with E-state index in [9.17, 15) is 4.79 Å². The van der Waals surface area contributed by atoms with Gasteiger partial charge in [0.2, 0.25) is 0 Å². The van der Waals surface area contributed by atoms with Crippen molar-refractivity contribution >= 4 is 11.7 Å². The maximum atomic E-state index is 12.3. The molecule has 0 bridgehead atoms. The predicted octanol–water partition coefficient (Wildman–Crippen LogP) is 4.60. The number of methoxy groups -OCH3 is 1. The fraction of sp³-hybridized carbons (Fsp3) is 0.316. The first-order valence-corrected chi connectivity index (χ1v) is 7.85. The van der Waals surface area contributed by atoms with Crippen molar-refractivity contribution in [2.45, 2.75) is 26.3 Å². The van der Waals surface area contributed by atoms with Crippen LogP contribution in [0.15, 0.2) is 54.6 Å². The Bertz CT molecular complexity index is 626. The maximum Gasteiger partial charge on any atom is 0.319 e. The van der Waals surface area contributed by atoms with Crippen LogP contribution in [-0.2, 0) is 0 Å². The van der Waals surface area contributed by atoms with Gasteiger partial charge < -0.3 is 15.4 Å². The van der Waals surface area contributed by atoms with Crippen molar-refractivity contribution in [3.8, 4) is 5.75 Å². The summed E-state index contributed by atoms with van der Waals surface area (Å²) in [4.78, 5) is 12.3. The molecule has 0 aliphatic carbocycles. The normalized spacial score (nSPS) is 11.8. The lowest BCUT2D eigenvalue weighted by molar-refractivity contribution is 0.246. The number of carbonyl (C=O) groups is 1. The molecule has 2 N–H and O–H groups in total. The molecule has 1 unspecified atom stereocenters. The van der Waals surface area contributed by atoms with Crippen molar-refractivity contribution in [3.63, 3.8) is 0 Å². The van der Waals surface area contributed by atoms with Crippen LogP contribution in [0.1, 0.15) is 31.9 Å². The zero-order valence-electron chi connectivity index (χ0n) is 13.9. The van der Waals surface area contributed by atoms with Gasteiger partial charge in [-0.2, -0.15) is 0 Å². The number of carbonyl (C=O) groups excluding carboxylic acids is 1. The Morgan fingerprint density at radius 1 is 1.09 bits per heavy atom. The minimum Gasteiger partial charge on any atom is -0.497 e. The molecule has 122 valence electrons. The van der Waals surface area contributed by atoms with E-state index in [4.69, 9.17) is 4.74 Å². The van der Waals surface area contributed by atoms with Crippen molar-refractivity contribution in [2.24, 2.45) is 5.92 Å². The first-order chi connectivity index (χ1) is 11.1. The van der Waals surface area contributed by atoms with Gasteiger partial charge >= 0.3 is 6.03 Å². The van der Waals surface area contributed by atoms with Gasteiger partial charge in [0, 0.05) is 11.8 Å². The standard InChI is InChI=1S/C19H24N2O2/c1-14(2)12-18(15-8-5-4-6-9-15)21-19(22)20-16-10-7-11-17(13-16)23-3/h4-11,13-14,18H,12H2,1-3H3,(H2,20,21,22). The number of ether oxygens (including phenoxy) is 1. The summed E-state index contributed by atoms with van der Waals surface area (Å²) >= 11 is 0. The molecular weight excluding hydrogens is 288 g/mol. The number of anilines is 1. The van der Waals surface area contributed by atoms with Gasteiger partial charge in [-0.3, -0.25) is 0 Å². The van der Waals surface area contributed by atoms with Gasteiger partial charge in [-0.15, -0.1) is 0 Å². The summed E-state index contributed by atoms with van der Waals surface area (Å²) in [5, 5.41) is 5.92. The molecule has 0 saturated carbocycles. The second-order valence-electron chi connectivity index (χ2n) is 5.92. The van der Waals surface area contributed by atoms with Crippen molar-refractivity contribution in [1.82, 2.24) is 5.32 Å². The topological polar surface area (TPSA) is 50.4 Å². The van der Waals surface area contributed by atoms with E-state index in [0.29, 0.717) is 17.4 Å². The van der Waals surface area contributed by atoms with Crippen LogP contribution in [0.4, 0.5) is 10.5 Å². The van der Waals surface area contributed by atoms with Crippen molar-refractivity contribution < 1.29 is 9.53 Å². The Hall–Kier alpha value is -2.49.